The van der Waals surface area contributed by atoms with Crippen LogP contribution in [0, 0.1) is 5.92 Å². The summed E-state index contributed by atoms with van der Waals surface area (Å²) in [5.41, 5.74) is 6.80. The van der Waals surface area contributed by atoms with Crippen LogP contribution in [0.5, 0.6) is 0 Å². The maximum absolute atomic E-state index is 11.8. The summed E-state index contributed by atoms with van der Waals surface area (Å²) in [6, 6.07) is 5.38. The van der Waals surface area contributed by atoms with Crippen LogP contribution in [-0.4, -0.2) is 21.0 Å². The van der Waals surface area contributed by atoms with E-state index in [1.807, 2.05) is 0 Å². The normalized spacial score (nSPS) is 15.6. The number of rotatable bonds is 6. The lowest BCUT2D eigenvalue weighted by atomic mass is 10.1. The van der Waals surface area contributed by atoms with Crippen LogP contribution in [-0.2, 0) is 10.0 Å². The summed E-state index contributed by atoms with van der Waals surface area (Å²) in [4.78, 5) is 2.30. The Balaban J connectivity index is 2.37. The molecule has 5 nitrogen and oxygen atoms in total. The number of hydrogen-bond acceptors (Lipinski definition) is 4. The average Bonchev–Trinajstić information content (AvgIpc) is 3.13. The molecule has 2 rings (SSSR count). The summed E-state index contributed by atoms with van der Waals surface area (Å²) >= 11 is 0. The molecular weight excluding hydrogens is 274 g/mol. The second-order valence-corrected chi connectivity index (χ2v) is 7.41. The summed E-state index contributed by atoms with van der Waals surface area (Å²) in [5.74, 6) is 0.572. The van der Waals surface area contributed by atoms with Gasteiger partial charge in [-0.15, -0.1) is 0 Å². The van der Waals surface area contributed by atoms with E-state index in [1.54, 1.807) is 12.1 Å². The second-order valence-electron chi connectivity index (χ2n) is 5.88. The molecule has 0 heterocycles. The number of nitrogen functional groups attached to an aromatic ring is 1. The molecule has 6 heteroatoms. The number of benzene rings is 1. The van der Waals surface area contributed by atoms with Crippen molar-refractivity contribution in [1.29, 1.82) is 0 Å². The van der Waals surface area contributed by atoms with Gasteiger partial charge in [0.2, 0.25) is 10.0 Å². The van der Waals surface area contributed by atoms with Crippen LogP contribution in [0.3, 0.4) is 0 Å². The Bertz CT molecular complexity index is 580. The molecule has 1 aliphatic carbocycles. The predicted molar refractivity (Wildman–Crippen MR) is 82.1 cm³/mol. The monoisotopic (exact) mass is 297 g/mol. The summed E-state index contributed by atoms with van der Waals surface area (Å²) in [6.45, 7) is 5.16. The molecule has 1 aliphatic rings. The number of anilines is 2. The van der Waals surface area contributed by atoms with Gasteiger partial charge in [-0.25, -0.2) is 13.6 Å². The minimum atomic E-state index is -3.77. The fraction of sp³-hybridized carbons (Fsp3) is 0.571. The van der Waals surface area contributed by atoms with Gasteiger partial charge in [0.05, 0.1) is 5.69 Å². The van der Waals surface area contributed by atoms with E-state index in [-0.39, 0.29) is 4.90 Å². The Morgan fingerprint density at radius 2 is 2.00 bits per heavy atom. The molecule has 0 saturated heterocycles. The molecule has 0 amide bonds. The average molecular weight is 297 g/mol. The first kappa shape index (κ1) is 15.1. The molecule has 0 aliphatic heterocycles. The van der Waals surface area contributed by atoms with Crippen LogP contribution in [0.2, 0.25) is 0 Å². The molecule has 4 N–H and O–H groups in total. The van der Waals surface area contributed by atoms with Crippen molar-refractivity contribution in [1.82, 2.24) is 0 Å². The number of primary sulfonamides is 1. The van der Waals surface area contributed by atoms with Gasteiger partial charge in [-0.3, -0.25) is 0 Å². The maximum Gasteiger partial charge on any atom is 0.240 e. The molecule has 0 spiro atoms. The first-order chi connectivity index (χ1) is 9.29. The number of sulfonamides is 1. The Labute approximate surface area is 121 Å². The zero-order valence-corrected chi connectivity index (χ0v) is 12.9. The molecular formula is C14H23N3O2S. The van der Waals surface area contributed by atoms with Gasteiger partial charge in [0.25, 0.3) is 0 Å². The standard InChI is InChI=1S/C14H23N3O2S/c1-10(2)7-8-17(12-4-5-12)13-6-3-11(15)9-14(13)20(16,18)19/h3,6,9-10,12H,4-5,7-8,15H2,1-2H3,(H2,16,18,19). The largest absolute Gasteiger partial charge is 0.399 e. The highest BCUT2D eigenvalue weighted by atomic mass is 32.2. The summed E-state index contributed by atoms with van der Waals surface area (Å²) in [6.07, 6.45) is 3.23. The number of nitrogens with zero attached hydrogens (tertiary/aromatic N) is 1. The van der Waals surface area contributed by atoms with Crippen molar-refractivity contribution < 1.29 is 8.42 Å². The van der Waals surface area contributed by atoms with Gasteiger partial charge >= 0.3 is 0 Å². The van der Waals surface area contributed by atoms with Gasteiger partial charge < -0.3 is 10.6 Å². The van der Waals surface area contributed by atoms with Crippen LogP contribution in [0.1, 0.15) is 33.1 Å². The SMILES string of the molecule is CC(C)CCN(c1ccc(N)cc1S(N)(=O)=O)C1CC1. The van der Waals surface area contributed by atoms with Crippen molar-refractivity contribution in [3.05, 3.63) is 18.2 Å². The van der Waals surface area contributed by atoms with Crippen molar-refractivity contribution in [2.75, 3.05) is 17.2 Å². The van der Waals surface area contributed by atoms with E-state index in [2.05, 4.69) is 18.7 Å². The van der Waals surface area contributed by atoms with E-state index in [9.17, 15) is 8.42 Å². The first-order valence-electron chi connectivity index (χ1n) is 6.98. The van der Waals surface area contributed by atoms with Crippen molar-refractivity contribution >= 4 is 21.4 Å². The Morgan fingerprint density at radius 3 is 2.50 bits per heavy atom. The molecule has 0 aromatic heterocycles. The van der Waals surface area contributed by atoms with E-state index in [1.165, 1.54) is 6.07 Å². The molecule has 112 valence electrons. The third-order valence-electron chi connectivity index (χ3n) is 3.53. The minimum Gasteiger partial charge on any atom is -0.399 e. The molecule has 1 aromatic carbocycles. The van der Waals surface area contributed by atoms with Crippen LogP contribution < -0.4 is 15.8 Å². The highest BCUT2D eigenvalue weighted by Crippen LogP contribution is 2.36. The molecule has 0 atom stereocenters. The molecule has 1 aromatic rings. The first-order valence-corrected chi connectivity index (χ1v) is 8.52. The van der Waals surface area contributed by atoms with Crippen molar-refractivity contribution in [3.63, 3.8) is 0 Å². The predicted octanol–water partition coefficient (Wildman–Crippen LogP) is 1.93. The molecule has 0 radical (unpaired) electrons. The summed E-state index contributed by atoms with van der Waals surface area (Å²) in [7, 11) is -3.77. The van der Waals surface area contributed by atoms with Crippen LogP contribution in [0.15, 0.2) is 23.1 Å². The molecule has 20 heavy (non-hydrogen) atoms. The van der Waals surface area contributed by atoms with Gasteiger partial charge in [0, 0.05) is 18.3 Å². The van der Waals surface area contributed by atoms with Gasteiger partial charge in [-0.05, 0) is 43.4 Å². The Kier molecular flexibility index (Phi) is 4.25. The topological polar surface area (TPSA) is 89.4 Å². The lowest BCUT2D eigenvalue weighted by Crippen LogP contribution is -2.30. The smallest absolute Gasteiger partial charge is 0.240 e. The van der Waals surface area contributed by atoms with E-state index in [0.29, 0.717) is 23.3 Å². The highest BCUT2D eigenvalue weighted by Gasteiger charge is 2.32. The third kappa shape index (κ3) is 3.64. The lowest BCUT2D eigenvalue weighted by Gasteiger charge is -2.27. The van der Waals surface area contributed by atoms with Gasteiger partial charge in [0.15, 0.2) is 0 Å². The third-order valence-corrected chi connectivity index (χ3v) is 4.47. The van der Waals surface area contributed by atoms with E-state index in [0.717, 1.165) is 25.8 Å². The van der Waals surface area contributed by atoms with Crippen molar-refractivity contribution in [2.24, 2.45) is 11.1 Å². The van der Waals surface area contributed by atoms with Crippen molar-refractivity contribution in [2.45, 2.75) is 44.0 Å². The quantitative estimate of drug-likeness (QED) is 0.785. The van der Waals surface area contributed by atoms with E-state index >= 15 is 0 Å². The highest BCUT2D eigenvalue weighted by molar-refractivity contribution is 7.89. The fourth-order valence-corrected chi connectivity index (χ4v) is 3.06. The molecule has 0 bridgehead atoms. The molecule has 1 fully saturated rings. The van der Waals surface area contributed by atoms with Gasteiger partial charge in [-0.2, -0.15) is 0 Å². The number of nitrogens with two attached hydrogens (primary N) is 2. The summed E-state index contributed by atoms with van der Waals surface area (Å²) < 4.78 is 23.6. The zero-order chi connectivity index (χ0) is 14.9. The zero-order valence-electron chi connectivity index (χ0n) is 12.0. The maximum atomic E-state index is 11.8. The van der Waals surface area contributed by atoms with E-state index in [4.69, 9.17) is 10.9 Å². The van der Waals surface area contributed by atoms with Crippen LogP contribution >= 0.6 is 0 Å². The number of hydrogen-bond donors (Lipinski definition) is 2. The minimum absolute atomic E-state index is 0.133. The molecule has 1 saturated carbocycles. The van der Waals surface area contributed by atoms with Crippen molar-refractivity contribution in [3.8, 4) is 0 Å². The van der Waals surface area contributed by atoms with Gasteiger partial charge in [-0.1, -0.05) is 13.8 Å². The Hall–Kier alpha value is -1.27. The van der Waals surface area contributed by atoms with Gasteiger partial charge in [0.1, 0.15) is 4.90 Å². The lowest BCUT2D eigenvalue weighted by molar-refractivity contribution is 0.568. The second kappa shape index (κ2) is 5.61. The fourth-order valence-electron chi connectivity index (χ4n) is 2.28. The summed E-state index contributed by atoms with van der Waals surface area (Å²) in [5, 5.41) is 5.33. The Morgan fingerprint density at radius 1 is 1.35 bits per heavy atom. The van der Waals surface area contributed by atoms with Crippen LogP contribution in [0.4, 0.5) is 11.4 Å². The van der Waals surface area contributed by atoms with E-state index < -0.39 is 10.0 Å². The van der Waals surface area contributed by atoms with Crippen LogP contribution in [0.25, 0.3) is 0 Å². The molecule has 0 unspecified atom stereocenters.